The first-order valence-electron chi connectivity index (χ1n) is 5.72. The van der Waals surface area contributed by atoms with E-state index in [2.05, 4.69) is 15.9 Å². The minimum atomic E-state index is -0.267. The van der Waals surface area contributed by atoms with Gasteiger partial charge in [0.25, 0.3) is 0 Å². The van der Waals surface area contributed by atoms with Crippen LogP contribution in [-0.2, 0) is 16.1 Å². The summed E-state index contributed by atoms with van der Waals surface area (Å²) in [5, 5.41) is 0. The molecule has 0 aromatic heterocycles. The Morgan fingerprint density at radius 3 is 2.65 bits per heavy atom. The highest BCUT2D eigenvalue weighted by atomic mass is 79.9. The lowest BCUT2D eigenvalue weighted by Gasteiger charge is -2.21. The molecule has 0 spiro atoms. The molecule has 0 saturated heterocycles. The summed E-state index contributed by atoms with van der Waals surface area (Å²) < 4.78 is 19.5. The van der Waals surface area contributed by atoms with E-state index in [1.165, 1.54) is 12.1 Å². The molecule has 1 aromatic rings. The van der Waals surface area contributed by atoms with Crippen LogP contribution in [0, 0.1) is 5.82 Å². The first-order chi connectivity index (χ1) is 8.13. The summed E-state index contributed by atoms with van der Waals surface area (Å²) in [4.78, 5) is 11.1. The van der Waals surface area contributed by atoms with Gasteiger partial charge >= 0.3 is 0 Å². The van der Waals surface area contributed by atoms with Crippen molar-refractivity contribution in [3.8, 4) is 0 Å². The number of hydrogen-bond acceptors (Lipinski definition) is 2. The van der Waals surface area contributed by atoms with Gasteiger partial charge in [-0.05, 0) is 36.6 Å². The van der Waals surface area contributed by atoms with Crippen molar-refractivity contribution >= 4 is 21.7 Å². The van der Waals surface area contributed by atoms with Crippen LogP contribution < -0.4 is 0 Å². The molecule has 0 unspecified atom stereocenters. The molecule has 0 aliphatic heterocycles. The lowest BCUT2D eigenvalue weighted by atomic mass is 9.96. The number of ether oxygens (including phenoxy) is 1. The number of ketones is 1. The van der Waals surface area contributed by atoms with Crippen LogP contribution in [0.4, 0.5) is 4.39 Å². The van der Waals surface area contributed by atoms with E-state index in [-0.39, 0.29) is 11.9 Å². The highest BCUT2D eigenvalue weighted by molar-refractivity contribution is 9.10. The summed E-state index contributed by atoms with van der Waals surface area (Å²) in [6.07, 6.45) is 2.93. The number of benzene rings is 1. The van der Waals surface area contributed by atoms with Crippen LogP contribution in [0.15, 0.2) is 22.7 Å². The minimum absolute atomic E-state index is 0.134. The monoisotopic (exact) mass is 300 g/mol. The number of carbonyl (C=O) groups is 1. The maximum Gasteiger partial charge on any atom is 0.133 e. The summed E-state index contributed by atoms with van der Waals surface area (Å²) in [5.74, 6) is 0.0511. The lowest BCUT2D eigenvalue weighted by molar-refractivity contribution is -0.123. The third-order valence-corrected chi connectivity index (χ3v) is 3.36. The molecular weight excluding hydrogens is 287 g/mol. The quantitative estimate of drug-likeness (QED) is 0.852. The number of carbonyl (C=O) groups excluding carboxylic acids is 1. The van der Waals surface area contributed by atoms with Crippen LogP contribution in [0.5, 0.6) is 0 Å². The molecule has 92 valence electrons. The van der Waals surface area contributed by atoms with Gasteiger partial charge in [0.2, 0.25) is 0 Å². The van der Waals surface area contributed by atoms with Crippen molar-refractivity contribution in [3.05, 3.63) is 34.1 Å². The van der Waals surface area contributed by atoms with E-state index in [0.29, 0.717) is 25.2 Å². The summed E-state index contributed by atoms with van der Waals surface area (Å²) in [6.45, 7) is 0.398. The van der Waals surface area contributed by atoms with Gasteiger partial charge in [-0.3, -0.25) is 4.79 Å². The molecule has 0 bridgehead atoms. The normalized spacial score (nSPS) is 17.4. The van der Waals surface area contributed by atoms with Crippen LogP contribution in [-0.4, -0.2) is 11.9 Å². The third kappa shape index (κ3) is 3.89. The molecule has 0 atom stereocenters. The molecule has 0 amide bonds. The molecule has 2 rings (SSSR count). The largest absolute Gasteiger partial charge is 0.374 e. The maximum atomic E-state index is 13.1. The molecule has 17 heavy (non-hydrogen) atoms. The van der Waals surface area contributed by atoms with Crippen molar-refractivity contribution in [2.45, 2.75) is 38.4 Å². The van der Waals surface area contributed by atoms with Crippen molar-refractivity contribution in [1.82, 2.24) is 0 Å². The van der Waals surface area contributed by atoms with Gasteiger partial charge in [0.05, 0.1) is 12.7 Å². The van der Waals surface area contributed by atoms with Crippen LogP contribution in [0.1, 0.15) is 31.2 Å². The van der Waals surface area contributed by atoms with Crippen molar-refractivity contribution < 1.29 is 13.9 Å². The highest BCUT2D eigenvalue weighted by Gasteiger charge is 2.19. The summed E-state index contributed by atoms with van der Waals surface area (Å²) in [5.41, 5.74) is 0.814. The predicted octanol–water partition coefficient (Wildman–Crippen LogP) is 3.62. The van der Waals surface area contributed by atoms with Gasteiger partial charge < -0.3 is 4.74 Å². The van der Waals surface area contributed by atoms with Crippen LogP contribution in [0.25, 0.3) is 0 Å². The average molecular weight is 301 g/mol. The van der Waals surface area contributed by atoms with E-state index in [9.17, 15) is 9.18 Å². The maximum absolute atomic E-state index is 13.1. The number of halogens is 2. The van der Waals surface area contributed by atoms with Crippen LogP contribution >= 0.6 is 15.9 Å². The van der Waals surface area contributed by atoms with Gasteiger partial charge in [0.15, 0.2) is 0 Å². The second-order valence-corrected chi connectivity index (χ2v) is 5.24. The lowest BCUT2D eigenvalue weighted by Crippen LogP contribution is -2.21. The van der Waals surface area contributed by atoms with Crippen molar-refractivity contribution in [2.75, 3.05) is 0 Å². The molecule has 1 aliphatic rings. The standard InChI is InChI=1S/C13H14BrFO2/c14-10-5-9(6-11(15)7-10)8-17-13-3-1-12(16)2-4-13/h5-7,13H,1-4,8H2. The Labute approximate surface area is 108 Å². The molecule has 1 fully saturated rings. The van der Waals surface area contributed by atoms with Crippen molar-refractivity contribution in [2.24, 2.45) is 0 Å². The fourth-order valence-corrected chi connectivity index (χ4v) is 2.50. The second-order valence-electron chi connectivity index (χ2n) is 4.33. The third-order valence-electron chi connectivity index (χ3n) is 2.90. The topological polar surface area (TPSA) is 26.3 Å². The van der Waals surface area contributed by atoms with Gasteiger partial charge in [-0.2, -0.15) is 0 Å². The number of Topliss-reactive ketones (excluding diaryl/α,β-unsaturated/α-hetero) is 1. The number of hydrogen-bond donors (Lipinski definition) is 0. The van der Waals surface area contributed by atoms with Gasteiger partial charge in [0.1, 0.15) is 11.6 Å². The Kier molecular flexibility index (Phi) is 4.29. The van der Waals surface area contributed by atoms with E-state index < -0.39 is 0 Å². The zero-order chi connectivity index (χ0) is 12.3. The first-order valence-corrected chi connectivity index (χ1v) is 6.51. The van der Waals surface area contributed by atoms with E-state index in [4.69, 9.17) is 4.74 Å². The first kappa shape index (κ1) is 12.7. The SMILES string of the molecule is O=C1CCC(OCc2cc(F)cc(Br)c2)CC1. The Balaban J connectivity index is 1.87. The van der Waals surface area contributed by atoms with Crippen LogP contribution in [0.2, 0.25) is 0 Å². The zero-order valence-electron chi connectivity index (χ0n) is 9.42. The van der Waals surface area contributed by atoms with Gasteiger partial charge in [-0.1, -0.05) is 15.9 Å². The molecule has 0 heterocycles. The number of rotatable bonds is 3. The minimum Gasteiger partial charge on any atom is -0.374 e. The van der Waals surface area contributed by atoms with Gasteiger partial charge in [-0.25, -0.2) is 4.39 Å². The van der Waals surface area contributed by atoms with E-state index in [0.717, 1.165) is 22.9 Å². The second kappa shape index (κ2) is 5.74. The van der Waals surface area contributed by atoms with Gasteiger partial charge in [-0.15, -0.1) is 0 Å². The summed E-state index contributed by atoms with van der Waals surface area (Å²) in [7, 11) is 0. The van der Waals surface area contributed by atoms with Crippen LogP contribution in [0.3, 0.4) is 0 Å². The van der Waals surface area contributed by atoms with Crippen molar-refractivity contribution in [3.63, 3.8) is 0 Å². The molecule has 1 saturated carbocycles. The zero-order valence-corrected chi connectivity index (χ0v) is 11.0. The molecule has 1 aromatic carbocycles. The van der Waals surface area contributed by atoms with E-state index >= 15 is 0 Å². The highest BCUT2D eigenvalue weighted by Crippen LogP contribution is 2.21. The summed E-state index contributed by atoms with van der Waals surface area (Å²) >= 11 is 3.25. The summed E-state index contributed by atoms with van der Waals surface area (Å²) in [6, 6.07) is 4.73. The molecule has 4 heteroatoms. The molecule has 0 radical (unpaired) electrons. The molecule has 2 nitrogen and oxygen atoms in total. The average Bonchev–Trinajstić information content (AvgIpc) is 2.27. The smallest absolute Gasteiger partial charge is 0.133 e. The fraction of sp³-hybridized carbons (Fsp3) is 0.462. The Morgan fingerprint density at radius 1 is 1.29 bits per heavy atom. The molecule has 1 aliphatic carbocycles. The fourth-order valence-electron chi connectivity index (χ4n) is 1.99. The van der Waals surface area contributed by atoms with E-state index in [1.54, 1.807) is 0 Å². The Hall–Kier alpha value is -0.740. The van der Waals surface area contributed by atoms with E-state index in [1.807, 2.05) is 6.07 Å². The Morgan fingerprint density at radius 2 is 2.00 bits per heavy atom. The van der Waals surface area contributed by atoms with Gasteiger partial charge in [0, 0.05) is 17.3 Å². The Bertz CT molecular complexity index is 390. The predicted molar refractivity (Wildman–Crippen MR) is 66.2 cm³/mol. The van der Waals surface area contributed by atoms with Crippen molar-refractivity contribution in [1.29, 1.82) is 0 Å². The molecular formula is C13H14BrFO2. The molecule has 0 N–H and O–H groups in total.